The molecule has 1 rings (SSSR count). The van der Waals surface area contributed by atoms with E-state index in [9.17, 15) is 0 Å². The highest BCUT2D eigenvalue weighted by Crippen LogP contribution is 2.24. The van der Waals surface area contributed by atoms with Crippen LogP contribution in [0.2, 0.25) is 18.1 Å². The van der Waals surface area contributed by atoms with Crippen LogP contribution in [-0.4, -0.2) is 8.32 Å². The minimum absolute atomic E-state index is 0.802. The van der Waals surface area contributed by atoms with Crippen molar-refractivity contribution < 1.29 is 4.43 Å². The van der Waals surface area contributed by atoms with Crippen molar-refractivity contribution in [3.05, 3.63) is 54.3 Å². The van der Waals surface area contributed by atoms with E-state index in [1.165, 1.54) is 5.56 Å². The zero-order valence-electron chi connectivity index (χ0n) is 11.8. The van der Waals surface area contributed by atoms with Crippen LogP contribution >= 0.6 is 0 Å². The Hall–Kier alpha value is -1.28. The summed E-state index contributed by atoms with van der Waals surface area (Å²) in [5, 5.41) is 0. The minimum Gasteiger partial charge on any atom is -0.544 e. The standard InChI is InChI=1S/C16H24OSi/c1-5-18(6-2,7-3)17-15(4)13-14-16-11-9-8-10-12-16/h8-14H,4-7H2,1-3H3/b14-13+. The first-order valence-electron chi connectivity index (χ1n) is 6.77. The Morgan fingerprint density at radius 3 is 2.17 bits per heavy atom. The van der Waals surface area contributed by atoms with Gasteiger partial charge in [0.15, 0.2) is 0 Å². The van der Waals surface area contributed by atoms with Crippen molar-refractivity contribution in [2.75, 3.05) is 0 Å². The molecule has 0 aliphatic rings. The number of benzene rings is 1. The topological polar surface area (TPSA) is 9.23 Å². The Balaban J connectivity index is 2.64. The molecule has 0 fully saturated rings. The summed E-state index contributed by atoms with van der Waals surface area (Å²) in [5.74, 6) is 0.802. The molecular weight excluding hydrogens is 236 g/mol. The molecule has 0 unspecified atom stereocenters. The van der Waals surface area contributed by atoms with Crippen LogP contribution in [0.1, 0.15) is 26.3 Å². The van der Waals surface area contributed by atoms with E-state index in [2.05, 4.69) is 45.6 Å². The molecule has 18 heavy (non-hydrogen) atoms. The van der Waals surface area contributed by atoms with Crippen molar-refractivity contribution in [1.82, 2.24) is 0 Å². The molecule has 0 aromatic heterocycles. The minimum atomic E-state index is -1.57. The monoisotopic (exact) mass is 260 g/mol. The van der Waals surface area contributed by atoms with Crippen LogP contribution in [0.5, 0.6) is 0 Å². The second kappa shape index (κ2) is 7.22. The highest BCUT2D eigenvalue weighted by atomic mass is 28.4. The van der Waals surface area contributed by atoms with E-state index in [0.717, 1.165) is 23.9 Å². The molecule has 0 atom stereocenters. The van der Waals surface area contributed by atoms with Crippen molar-refractivity contribution in [1.29, 1.82) is 0 Å². The van der Waals surface area contributed by atoms with E-state index < -0.39 is 8.32 Å². The summed E-state index contributed by atoms with van der Waals surface area (Å²) in [4.78, 5) is 0. The zero-order chi connectivity index (χ0) is 13.4. The van der Waals surface area contributed by atoms with Crippen LogP contribution in [-0.2, 0) is 4.43 Å². The fraction of sp³-hybridized carbons (Fsp3) is 0.375. The highest BCUT2D eigenvalue weighted by Gasteiger charge is 2.30. The fourth-order valence-electron chi connectivity index (χ4n) is 2.03. The van der Waals surface area contributed by atoms with Gasteiger partial charge in [-0.3, -0.25) is 0 Å². The molecule has 0 N–H and O–H groups in total. The van der Waals surface area contributed by atoms with Gasteiger partial charge in [-0.1, -0.05) is 63.8 Å². The molecule has 1 aromatic rings. The lowest BCUT2D eigenvalue weighted by Crippen LogP contribution is -2.34. The Kier molecular flexibility index (Phi) is 5.93. The van der Waals surface area contributed by atoms with Crippen molar-refractivity contribution >= 4 is 14.4 Å². The summed E-state index contributed by atoms with van der Waals surface area (Å²) < 4.78 is 6.16. The zero-order valence-corrected chi connectivity index (χ0v) is 12.8. The molecule has 0 radical (unpaired) electrons. The second-order valence-electron chi connectivity index (χ2n) is 4.56. The van der Waals surface area contributed by atoms with Gasteiger partial charge >= 0.3 is 0 Å². The van der Waals surface area contributed by atoms with Crippen LogP contribution in [0.3, 0.4) is 0 Å². The first-order valence-corrected chi connectivity index (χ1v) is 9.29. The average molecular weight is 260 g/mol. The average Bonchev–Trinajstić information content (AvgIpc) is 2.44. The smallest absolute Gasteiger partial charge is 0.250 e. The predicted molar refractivity (Wildman–Crippen MR) is 82.9 cm³/mol. The third-order valence-electron chi connectivity index (χ3n) is 3.54. The molecule has 0 saturated heterocycles. The second-order valence-corrected chi connectivity index (χ2v) is 9.25. The molecule has 0 amide bonds. The maximum Gasteiger partial charge on any atom is 0.250 e. The lowest BCUT2D eigenvalue weighted by atomic mass is 10.2. The predicted octanol–water partition coefficient (Wildman–Crippen LogP) is 5.24. The van der Waals surface area contributed by atoms with Crippen LogP contribution in [0.4, 0.5) is 0 Å². The SMILES string of the molecule is C=C(/C=C/c1ccccc1)O[Si](CC)(CC)CC. The van der Waals surface area contributed by atoms with Crippen molar-refractivity contribution in [2.24, 2.45) is 0 Å². The summed E-state index contributed by atoms with van der Waals surface area (Å²) in [6, 6.07) is 13.7. The van der Waals surface area contributed by atoms with Crippen molar-refractivity contribution in [2.45, 2.75) is 38.9 Å². The molecule has 98 valence electrons. The maximum atomic E-state index is 6.16. The first kappa shape index (κ1) is 14.8. The lowest BCUT2D eigenvalue weighted by Gasteiger charge is -2.29. The van der Waals surface area contributed by atoms with Gasteiger partial charge in [0.25, 0.3) is 0 Å². The Morgan fingerprint density at radius 2 is 1.67 bits per heavy atom. The molecule has 0 aliphatic heterocycles. The molecule has 0 bridgehead atoms. The number of allylic oxidation sites excluding steroid dienone is 1. The van der Waals surface area contributed by atoms with E-state index in [0.29, 0.717) is 0 Å². The summed E-state index contributed by atoms with van der Waals surface area (Å²) in [6.07, 6.45) is 4.04. The van der Waals surface area contributed by atoms with Gasteiger partial charge in [0.05, 0.1) is 5.76 Å². The Bertz CT molecular complexity index is 383. The van der Waals surface area contributed by atoms with Gasteiger partial charge in [-0.15, -0.1) is 0 Å². The molecule has 1 aromatic carbocycles. The van der Waals surface area contributed by atoms with Crippen molar-refractivity contribution in [3.8, 4) is 0 Å². The molecule has 0 saturated carbocycles. The molecule has 2 heteroatoms. The quantitative estimate of drug-likeness (QED) is 0.370. The number of rotatable bonds is 7. The van der Waals surface area contributed by atoms with E-state index in [1.807, 2.05) is 24.3 Å². The van der Waals surface area contributed by atoms with Gasteiger partial charge in [-0.25, -0.2) is 0 Å². The van der Waals surface area contributed by atoms with E-state index in [4.69, 9.17) is 4.43 Å². The molecule has 0 spiro atoms. The third-order valence-corrected chi connectivity index (χ3v) is 8.10. The van der Waals surface area contributed by atoms with Crippen LogP contribution < -0.4 is 0 Å². The summed E-state index contributed by atoms with van der Waals surface area (Å²) >= 11 is 0. The summed E-state index contributed by atoms with van der Waals surface area (Å²) in [6.45, 7) is 10.7. The van der Waals surface area contributed by atoms with Gasteiger partial charge in [-0.2, -0.15) is 0 Å². The largest absolute Gasteiger partial charge is 0.544 e. The van der Waals surface area contributed by atoms with Gasteiger partial charge < -0.3 is 4.43 Å². The van der Waals surface area contributed by atoms with Crippen LogP contribution in [0, 0.1) is 0 Å². The van der Waals surface area contributed by atoms with E-state index >= 15 is 0 Å². The molecule has 0 heterocycles. The van der Waals surface area contributed by atoms with E-state index in [1.54, 1.807) is 0 Å². The summed E-state index contributed by atoms with van der Waals surface area (Å²) in [5.41, 5.74) is 1.18. The van der Waals surface area contributed by atoms with Crippen LogP contribution in [0.25, 0.3) is 6.08 Å². The number of hydrogen-bond donors (Lipinski definition) is 0. The van der Waals surface area contributed by atoms with Crippen molar-refractivity contribution in [3.63, 3.8) is 0 Å². The lowest BCUT2D eigenvalue weighted by molar-refractivity contribution is 0.425. The van der Waals surface area contributed by atoms with Gasteiger partial charge in [0.2, 0.25) is 8.32 Å². The van der Waals surface area contributed by atoms with Crippen LogP contribution in [0.15, 0.2) is 48.7 Å². The third kappa shape index (κ3) is 4.19. The Labute approximate surface area is 112 Å². The first-order chi connectivity index (χ1) is 8.65. The molecule has 0 aliphatic carbocycles. The highest BCUT2D eigenvalue weighted by molar-refractivity contribution is 6.73. The van der Waals surface area contributed by atoms with Gasteiger partial charge in [0.1, 0.15) is 0 Å². The van der Waals surface area contributed by atoms with Gasteiger partial charge in [0, 0.05) is 0 Å². The normalized spacial score (nSPS) is 11.7. The Morgan fingerprint density at radius 1 is 1.11 bits per heavy atom. The number of hydrogen-bond acceptors (Lipinski definition) is 1. The maximum absolute atomic E-state index is 6.16. The van der Waals surface area contributed by atoms with Gasteiger partial charge in [-0.05, 0) is 29.8 Å². The molecule has 1 nitrogen and oxygen atoms in total. The molecular formula is C16H24OSi. The van der Waals surface area contributed by atoms with E-state index in [-0.39, 0.29) is 0 Å². The fourth-order valence-corrected chi connectivity index (χ4v) is 4.59. The summed E-state index contributed by atoms with van der Waals surface area (Å²) in [7, 11) is -1.57.